The Morgan fingerprint density at radius 3 is 2.74 bits per heavy atom. The molecule has 5 rings (SSSR count). The maximum Gasteiger partial charge on any atom is 0.178 e. The van der Waals surface area contributed by atoms with Gasteiger partial charge in [-0.15, -0.1) is 0 Å². The molecule has 2 aromatic rings. The number of hydrogen-bond acceptors (Lipinski definition) is 2. The van der Waals surface area contributed by atoms with Crippen LogP contribution in [-0.2, 0) is 0 Å². The standard InChI is InChI=1S/C15H19N3S/c1-10-3-2-4-12-14(10)18(15(19)16-12)13-9-17-7-5-11(13)6-8-17/h2-4,11,13H,5-9H2,1H3,(H,16,19). The third-order valence-corrected chi connectivity index (χ3v) is 5.19. The van der Waals surface area contributed by atoms with Gasteiger partial charge in [0.1, 0.15) is 0 Å². The summed E-state index contributed by atoms with van der Waals surface area (Å²) in [4.78, 5) is 5.97. The van der Waals surface area contributed by atoms with Crippen LogP contribution in [0.25, 0.3) is 11.0 Å². The van der Waals surface area contributed by atoms with Gasteiger partial charge in [0.05, 0.1) is 17.1 Å². The monoisotopic (exact) mass is 273 g/mol. The molecule has 2 bridgehead atoms. The number of aromatic nitrogens is 2. The van der Waals surface area contributed by atoms with Crippen LogP contribution < -0.4 is 0 Å². The van der Waals surface area contributed by atoms with Crippen molar-refractivity contribution >= 4 is 23.3 Å². The topological polar surface area (TPSA) is 24.0 Å². The van der Waals surface area contributed by atoms with Crippen LogP contribution in [0.3, 0.4) is 0 Å². The van der Waals surface area contributed by atoms with Crippen LogP contribution in [0.2, 0.25) is 0 Å². The van der Waals surface area contributed by atoms with E-state index in [1.807, 2.05) is 0 Å². The van der Waals surface area contributed by atoms with Crippen molar-refractivity contribution in [1.82, 2.24) is 14.5 Å². The number of fused-ring (bicyclic) bond motifs is 4. The second-order valence-electron chi connectivity index (χ2n) is 5.98. The van der Waals surface area contributed by atoms with Crippen molar-refractivity contribution in [2.75, 3.05) is 19.6 Å². The zero-order valence-electron chi connectivity index (χ0n) is 11.2. The van der Waals surface area contributed by atoms with Gasteiger partial charge in [-0.3, -0.25) is 0 Å². The van der Waals surface area contributed by atoms with Crippen LogP contribution in [0, 0.1) is 17.6 Å². The lowest BCUT2D eigenvalue weighted by molar-refractivity contribution is 0.0582. The van der Waals surface area contributed by atoms with E-state index in [1.165, 1.54) is 49.1 Å². The molecule has 4 heteroatoms. The number of nitrogens with zero attached hydrogens (tertiary/aromatic N) is 2. The van der Waals surface area contributed by atoms with E-state index in [1.54, 1.807) is 0 Å². The van der Waals surface area contributed by atoms with Gasteiger partial charge in [0, 0.05) is 6.54 Å². The minimum atomic E-state index is 0.560. The zero-order valence-corrected chi connectivity index (χ0v) is 12.0. The molecule has 19 heavy (non-hydrogen) atoms. The van der Waals surface area contributed by atoms with Crippen molar-refractivity contribution < 1.29 is 0 Å². The molecule has 1 atom stereocenters. The SMILES string of the molecule is Cc1cccc2[nH]c(=S)n(C3CN4CCC3CC4)c12. The number of rotatable bonds is 1. The molecule has 1 aromatic carbocycles. The maximum atomic E-state index is 5.60. The molecular formula is C15H19N3S. The van der Waals surface area contributed by atoms with Crippen LogP contribution in [-0.4, -0.2) is 34.1 Å². The minimum absolute atomic E-state index is 0.560. The van der Waals surface area contributed by atoms with E-state index in [9.17, 15) is 0 Å². The van der Waals surface area contributed by atoms with E-state index in [0.29, 0.717) is 6.04 Å². The second-order valence-corrected chi connectivity index (χ2v) is 6.36. The minimum Gasteiger partial charge on any atom is -0.331 e. The number of aromatic amines is 1. The summed E-state index contributed by atoms with van der Waals surface area (Å²) in [6.07, 6.45) is 2.65. The Labute approximate surface area is 118 Å². The van der Waals surface area contributed by atoms with E-state index in [0.717, 1.165) is 10.7 Å². The first-order chi connectivity index (χ1) is 9.24. The van der Waals surface area contributed by atoms with Crippen LogP contribution in [0.5, 0.6) is 0 Å². The van der Waals surface area contributed by atoms with Crippen LogP contribution in [0.4, 0.5) is 0 Å². The number of piperidine rings is 3. The average Bonchev–Trinajstić information content (AvgIpc) is 2.77. The number of para-hydroxylation sites is 1. The fourth-order valence-electron chi connectivity index (χ4n) is 3.90. The number of hydrogen-bond donors (Lipinski definition) is 1. The third-order valence-electron chi connectivity index (χ3n) is 4.89. The first-order valence-electron chi connectivity index (χ1n) is 7.16. The third kappa shape index (κ3) is 1.70. The lowest BCUT2D eigenvalue weighted by Crippen LogP contribution is -2.48. The van der Waals surface area contributed by atoms with Gasteiger partial charge in [0.25, 0.3) is 0 Å². The molecule has 4 heterocycles. The normalized spacial score (nSPS) is 30.1. The van der Waals surface area contributed by atoms with Gasteiger partial charge >= 0.3 is 0 Å². The van der Waals surface area contributed by atoms with E-state index in [2.05, 4.69) is 39.6 Å². The Balaban J connectivity index is 1.91. The van der Waals surface area contributed by atoms with Crippen LogP contribution in [0.15, 0.2) is 18.2 Å². The highest BCUT2D eigenvalue weighted by Crippen LogP contribution is 2.37. The molecule has 3 saturated heterocycles. The summed E-state index contributed by atoms with van der Waals surface area (Å²) < 4.78 is 3.29. The van der Waals surface area contributed by atoms with Gasteiger partial charge in [-0.05, 0) is 62.6 Å². The molecule has 0 saturated carbocycles. The Bertz CT molecular complexity index is 676. The van der Waals surface area contributed by atoms with Crippen molar-refractivity contribution in [2.24, 2.45) is 5.92 Å². The molecule has 0 spiro atoms. The number of imidazole rings is 1. The summed E-state index contributed by atoms with van der Waals surface area (Å²) in [7, 11) is 0. The van der Waals surface area contributed by atoms with Crippen LogP contribution in [0.1, 0.15) is 24.4 Å². The number of aryl methyl sites for hydroxylation is 1. The Morgan fingerprint density at radius 2 is 2.05 bits per heavy atom. The Morgan fingerprint density at radius 1 is 1.26 bits per heavy atom. The quantitative estimate of drug-likeness (QED) is 0.806. The predicted molar refractivity (Wildman–Crippen MR) is 80.1 cm³/mol. The number of H-pyrrole nitrogens is 1. The van der Waals surface area contributed by atoms with Gasteiger partial charge in [-0.2, -0.15) is 0 Å². The first-order valence-corrected chi connectivity index (χ1v) is 7.57. The van der Waals surface area contributed by atoms with Gasteiger partial charge < -0.3 is 14.5 Å². The Hall–Kier alpha value is -1.13. The van der Waals surface area contributed by atoms with E-state index in [-0.39, 0.29) is 0 Å². The molecule has 0 amide bonds. The number of benzene rings is 1. The molecule has 1 N–H and O–H groups in total. The smallest absolute Gasteiger partial charge is 0.178 e. The molecule has 0 radical (unpaired) electrons. The second kappa shape index (κ2) is 4.18. The molecule has 100 valence electrons. The van der Waals surface area contributed by atoms with Gasteiger partial charge in [0.15, 0.2) is 4.77 Å². The highest BCUT2D eigenvalue weighted by Gasteiger charge is 2.36. The molecular weight excluding hydrogens is 254 g/mol. The number of nitrogens with one attached hydrogen (secondary N) is 1. The van der Waals surface area contributed by atoms with Gasteiger partial charge in [-0.1, -0.05) is 12.1 Å². The maximum absolute atomic E-state index is 5.60. The summed E-state index contributed by atoms with van der Waals surface area (Å²) in [5.41, 5.74) is 3.81. The fourth-order valence-corrected chi connectivity index (χ4v) is 4.24. The summed E-state index contributed by atoms with van der Waals surface area (Å²) in [5, 5.41) is 0. The van der Waals surface area contributed by atoms with Crippen molar-refractivity contribution in [3.05, 3.63) is 28.5 Å². The summed E-state index contributed by atoms with van der Waals surface area (Å²) >= 11 is 5.60. The van der Waals surface area contributed by atoms with Gasteiger partial charge in [0.2, 0.25) is 0 Å². The van der Waals surface area contributed by atoms with Crippen molar-refractivity contribution in [1.29, 1.82) is 0 Å². The van der Waals surface area contributed by atoms with E-state index >= 15 is 0 Å². The Kier molecular flexibility index (Phi) is 2.57. The van der Waals surface area contributed by atoms with Gasteiger partial charge in [-0.25, -0.2) is 0 Å². The average molecular weight is 273 g/mol. The fraction of sp³-hybridized carbons (Fsp3) is 0.533. The zero-order chi connectivity index (χ0) is 13.0. The predicted octanol–water partition coefficient (Wildman–Crippen LogP) is 3.27. The summed E-state index contributed by atoms with van der Waals surface area (Å²) in [6.45, 7) is 5.90. The first kappa shape index (κ1) is 11.7. The largest absolute Gasteiger partial charge is 0.331 e. The van der Waals surface area contributed by atoms with Crippen molar-refractivity contribution in [3.63, 3.8) is 0 Å². The van der Waals surface area contributed by atoms with E-state index in [4.69, 9.17) is 12.2 Å². The highest BCUT2D eigenvalue weighted by molar-refractivity contribution is 7.71. The van der Waals surface area contributed by atoms with Crippen molar-refractivity contribution in [3.8, 4) is 0 Å². The molecule has 1 unspecified atom stereocenters. The molecule has 3 aliphatic heterocycles. The van der Waals surface area contributed by atoms with Crippen LogP contribution >= 0.6 is 12.2 Å². The lowest BCUT2D eigenvalue weighted by atomic mass is 9.84. The molecule has 0 aliphatic carbocycles. The van der Waals surface area contributed by atoms with E-state index < -0.39 is 0 Å². The van der Waals surface area contributed by atoms with Crippen molar-refractivity contribution in [2.45, 2.75) is 25.8 Å². The molecule has 3 nitrogen and oxygen atoms in total. The molecule has 3 aliphatic rings. The molecule has 3 fully saturated rings. The summed E-state index contributed by atoms with van der Waals surface area (Å²) in [5.74, 6) is 0.801. The highest BCUT2D eigenvalue weighted by atomic mass is 32.1. The summed E-state index contributed by atoms with van der Waals surface area (Å²) in [6, 6.07) is 6.98. The lowest BCUT2D eigenvalue weighted by Gasteiger charge is -2.45. The molecule has 1 aromatic heterocycles.